The number of carbonyl (C=O) groups is 1. The molecule has 1 saturated carbocycles. The highest BCUT2D eigenvalue weighted by atomic mass is 32.2. The van der Waals surface area contributed by atoms with Crippen molar-refractivity contribution in [2.24, 2.45) is 0 Å². The lowest BCUT2D eigenvalue weighted by Gasteiger charge is -1.93. The summed E-state index contributed by atoms with van der Waals surface area (Å²) in [6, 6.07) is 1.86. The predicted molar refractivity (Wildman–Crippen MR) is 73.6 cm³/mol. The Hall–Kier alpha value is -1.34. The van der Waals surface area contributed by atoms with Crippen molar-refractivity contribution in [1.82, 2.24) is 15.2 Å². The molecule has 1 aliphatic rings. The van der Waals surface area contributed by atoms with Gasteiger partial charge in [-0.2, -0.15) is 0 Å². The lowest BCUT2D eigenvalue weighted by atomic mass is 10.3. The number of H-pyrrole nitrogens is 1. The van der Waals surface area contributed by atoms with Crippen LogP contribution in [0.5, 0.6) is 0 Å². The van der Waals surface area contributed by atoms with E-state index in [0.29, 0.717) is 11.5 Å². The van der Waals surface area contributed by atoms with Gasteiger partial charge in [-0.15, -0.1) is 16.4 Å². The Balaban J connectivity index is 1.58. The molecule has 0 atom stereocenters. The number of aromatic amines is 1. The summed E-state index contributed by atoms with van der Waals surface area (Å²) in [4.78, 5) is 16.9. The molecule has 0 spiro atoms. The van der Waals surface area contributed by atoms with Crippen LogP contribution in [0.15, 0.2) is 16.6 Å². The largest absolute Gasteiger partial charge is 0.465 e. The Morgan fingerprint density at radius 3 is 3.21 bits per heavy atom. The molecule has 2 heterocycles. The first-order valence-electron chi connectivity index (χ1n) is 5.97. The maximum atomic E-state index is 11.3. The molecule has 0 amide bonds. The fraction of sp³-hybridized carbons (Fsp3) is 0.417. The molecule has 0 saturated heterocycles. The highest BCUT2D eigenvalue weighted by Crippen LogP contribution is 2.38. The van der Waals surface area contributed by atoms with Crippen molar-refractivity contribution in [3.63, 3.8) is 0 Å². The van der Waals surface area contributed by atoms with E-state index < -0.39 is 0 Å². The zero-order chi connectivity index (χ0) is 13.2. The normalized spacial score (nSPS) is 14.6. The fourth-order valence-corrected chi connectivity index (χ4v) is 3.39. The summed E-state index contributed by atoms with van der Waals surface area (Å²) in [7, 11) is 1.39. The van der Waals surface area contributed by atoms with Crippen molar-refractivity contribution >= 4 is 29.1 Å². The zero-order valence-corrected chi connectivity index (χ0v) is 12.0. The third kappa shape index (κ3) is 2.98. The van der Waals surface area contributed by atoms with Crippen LogP contribution in [0.25, 0.3) is 0 Å². The number of thioether (sulfide) groups is 1. The Morgan fingerprint density at radius 2 is 2.47 bits per heavy atom. The van der Waals surface area contributed by atoms with Gasteiger partial charge in [0.05, 0.1) is 12.7 Å². The fourth-order valence-electron chi connectivity index (χ4n) is 1.68. The first-order chi connectivity index (χ1) is 9.26. The third-order valence-corrected chi connectivity index (χ3v) is 4.88. The zero-order valence-electron chi connectivity index (χ0n) is 10.4. The number of aromatic nitrogens is 3. The van der Waals surface area contributed by atoms with Gasteiger partial charge in [0.1, 0.15) is 5.82 Å². The summed E-state index contributed by atoms with van der Waals surface area (Å²) in [5.74, 6) is 2.07. The average molecular weight is 295 g/mol. The standard InChI is InChI=1S/C12H13N3O2S2/c1-17-11(16)8-4-9(18-5-8)6-19-12-13-10(14-15-12)7-2-3-7/h4-5,7H,2-3,6H2,1H3,(H,13,14,15). The number of carbonyl (C=O) groups excluding carboxylic acids is 1. The topological polar surface area (TPSA) is 67.9 Å². The Kier molecular flexibility index (Phi) is 3.56. The minimum Gasteiger partial charge on any atom is -0.465 e. The molecular formula is C12H13N3O2S2. The van der Waals surface area contributed by atoms with Gasteiger partial charge in [0.25, 0.3) is 0 Å². The third-order valence-electron chi connectivity index (χ3n) is 2.86. The van der Waals surface area contributed by atoms with Crippen LogP contribution in [-0.2, 0) is 10.5 Å². The molecule has 2 aromatic heterocycles. The number of nitrogens with one attached hydrogen (secondary N) is 1. The maximum Gasteiger partial charge on any atom is 0.338 e. The minimum absolute atomic E-state index is 0.290. The number of hydrogen-bond donors (Lipinski definition) is 1. The Bertz CT molecular complexity index is 589. The summed E-state index contributed by atoms with van der Waals surface area (Å²) in [5.41, 5.74) is 0.608. The van der Waals surface area contributed by atoms with Crippen LogP contribution in [-0.4, -0.2) is 28.3 Å². The van der Waals surface area contributed by atoms with Crippen LogP contribution in [0.1, 0.15) is 39.8 Å². The number of rotatable bonds is 5. The van der Waals surface area contributed by atoms with E-state index in [1.165, 1.54) is 20.0 Å². The van der Waals surface area contributed by atoms with Crippen LogP contribution in [0.2, 0.25) is 0 Å². The molecule has 7 heteroatoms. The van der Waals surface area contributed by atoms with E-state index in [4.69, 9.17) is 0 Å². The highest BCUT2D eigenvalue weighted by molar-refractivity contribution is 7.98. The summed E-state index contributed by atoms with van der Waals surface area (Å²) in [5, 5.41) is 9.76. The molecule has 5 nitrogen and oxygen atoms in total. The van der Waals surface area contributed by atoms with Gasteiger partial charge in [-0.05, 0) is 18.9 Å². The van der Waals surface area contributed by atoms with E-state index in [1.807, 2.05) is 11.4 Å². The first-order valence-corrected chi connectivity index (χ1v) is 7.83. The lowest BCUT2D eigenvalue weighted by Crippen LogP contribution is -1.98. The summed E-state index contributed by atoms with van der Waals surface area (Å²) in [6.07, 6.45) is 2.43. The van der Waals surface area contributed by atoms with Crippen molar-refractivity contribution in [2.75, 3.05) is 7.11 Å². The number of ether oxygens (including phenoxy) is 1. The molecule has 19 heavy (non-hydrogen) atoms. The summed E-state index contributed by atoms with van der Waals surface area (Å²) < 4.78 is 4.68. The van der Waals surface area contributed by atoms with Gasteiger partial charge in [0, 0.05) is 21.9 Å². The van der Waals surface area contributed by atoms with Gasteiger partial charge in [-0.25, -0.2) is 9.78 Å². The van der Waals surface area contributed by atoms with Gasteiger partial charge in [0.15, 0.2) is 0 Å². The number of thiophene rings is 1. The van der Waals surface area contributed by atoms with Crippen LogP contribution < -0.4 is 0 Å². The van der Waals surface area contributed by atoms with E-state index in [1.54, 1.807) is 23.1 Å². The SMILES string of the molecule is COC(=O)c1csc(CSc2n[nH]c(C3CC3)n2)c1. The van der Waals surface area contributed by atoms with E-state index in [-0.39, 0.29) is 5.97 Å². The van der Waals surface area contributed by atoms with Gasteiger partial charge in [-0.3, -0.25) is 5.10 Å². The molecule has 2 aromatic rings. The molecular weight excluding hydrogens is 282 g/mol. The second kappa shape index (κ2) is 5.34. The van der Waals surface area contributed by atoms with E-state index in [0.717, 1.165) is 21.6 Å². The summed E-state index contributed by atoms with van der Waals surface area (Å²) >= 11 is 3.13. The molecule has 0 radical (unpaired) electrons. The molecule has 1 fully saturated rings. The van der Waals surface area contributed by atoms with Gasteiger partial charge < -0.3 is 4.74 Å². The minimum atomic E-state index is -0.290. The monoisotopic (exact) mass is 295 g/mol. The molecule has 0 unspecified atom stereocenters. The summed E-state index contributed by atoms with van der Waals surface area (Å²) in [6.45, 7) is 0. The smallest absolute Gasteiger partial charge is 0.338 e. The number of esters is 1. The molecule has 0 bridgehead atoms. The van der Waals surface area contributed by atoms with E-state index in [2.05, 4.69) is 19.9 Å². The van der Waals surface area contributed by atoms with Crippen LogP contribution in [0.3, 0.4) is 0 Å². The van der Waals surface area contributed by atoms with Crippen LogP contribution in [0.4, 0.5) is 0 Å². The molecule has 100 valence electrons. The van der Waals surface area contributed by atoms with Gasteiger partial charge >= 0.3 is 5.97 Å². The van der Waals surface area contributed by atoms with E-state index in [9.17, 15) is 4.79 Å². The highest BCUT2D eigenvalue weighted by Gasteiger charge is 2.27. The maximum absolute atomic E-state index is 11.3. The Labute approximate surface area is 118 Å². The van der Waals surface area contributed by atoms with E-state index >= 15 is 0 Å². The van der Waals surface area contributed by atoms with Crippen molar-refractivity contribution < 1.29 is 9.53 Å². The predicted octanol–water partition coefficient (Wildman–Crippen LogP) is 2.82. The van der Waals surface area contributed by atoms with Gasteiger partial charge in [0.2, 0.25) is 5.16 Å². The number of nitrogens with zero attached hydrogens (tertiary/aromatic N) is 2. The molecule has 1 aliphatic carbocycles. The second-order valence-electron chi connectivity index (χ2n) is 4.36. The molecule has 1 N–H and O–H groups in total. The van der Waals surface area contributed by atoms with Crippen molar-refractivity contribution in [2.45, 2.75) is 29.7 Å². The quantitative estimate of drug-likeness (QED) is 0.678. The van der Waals surface area contributed by atoms with Gasteiger partial charge in [-0.1, -0.05) is 11.8 Å². The van der Waals surface area contributed by atoms with Crippen LogP contribution >= 0.6 is 23.1 Å². The molecule has 0 aliphatic heterocycles. The number of hydrogen-bond acceptors (Lipinski definition) is 6. The average Bonchev–Trinajstić information content (AvgIpc) is 3.00. The first kappa shape index (κ1) is 12.7. The lowest BCUT2D eigenvalue weighted by molar-refractivity contribution is 0.0601. The van der Waals surface area contributed by atoms with Crippen LogP contribution in [0, 0.1) is 0 Å². The number of methoxy groups -OCH3 is 1. The Morgan fingerprint density at radius 1 is 1.63 bits per heavy atom. The molecule has 3 rings (SSSR count). The van der Waals surface area contributed by atoms with Crippen molar-refractivity contribution in [1.29, 1.82) is 0 Å². The van der Waals surface area contributed by atoms with Crippen molar-refractivity contribution in [3.05, 3.63) is 27.7 Å². The molecule has 0 aromatic carbocycles. The second-order valence-corrected chi connectivity index (χ2v) is 6.30. The van der Waals surface area contributed by atoms with Crippen molar-refractivity contribution in [3.8, 4) is 0 Å².